The topological polar surface area (TPSA) is 75.3 Å². The molecule has 0 aromatic heterocycles. The summed E-state index contributed by atoms with van der Waals surface area (Å²) in [6, 6.07) is 15.9. The SMILES string of the molecule is C[C@@H](CCc1ccccc1)NCCc1ccc(O)c(C(N)=O)c1. The number of aryl methyl sites for hydroxylation is 1. The van der Waals surface area contributed by atoms with E-state index >= 15 is 0 Å². The summed E-state index contributed by atoms with van der Waals surface area (Å²) >= 11 is 0. The number of benzene rings is 2. The fourth-order valence-corrected chi connectivity index (χ4v) is 2.53. The summed E-state index contributed by atoms with van der Waals surface area (Å²) in [6.07, 6.45) is 2.92. The molecule has 0 aliphatic carbocycles. The molecule has 0 radical (unpaired) electrons. The van der Waals surface area contributed by atoms with Crippen LogP contribution < -0.4 is 11.1 Å². The molecule has 2 rings (SSSR count). The number of carbonyl (C=O) groups excluding carboxylic acids is 1. The van der Waals surface area contributed by atoms with Crippen LogP contribution in [0.4, 0.5) is 0 Å². The molecule has 23 heavy (non-hydrogen) atoms. The molecule has 0 saturated carbocycles. The first-order valence-electron chi connectivity index (χ1n) is 7.95. The largest absolute Gasteiger partial charge is 0.507 e. The summed E-state index contributed by atoms with van der Waals surface area (Å²) < 4.78 is 0. The van der Waals surface area contributed by atoms with E-state index in [-0.39, 0.29) is 11.3 Å². The van der Waals surface area contributed by atoms with Gasteiger partial charge in [0, 0.05) is 6.04 Å². The van der Waals surface area contributed by atoms with Crippen LogP contribution in [0.15, 0.2) is 48.5 Å². The smallest absolute Gasteiger partial charge is 0.252 e. The van der Waals surface area contributed by atoms with Gasteiger partial charge in [-0.15, -0.1) is 0 Å². The minimum Gasteiger partial charge on any atom is -0.507 e. The Morgan fingerprint density at radius 1 is 1.13 bits per heavy atom. The van der Waals surface area contributed by atoms with Gasteiger partial charge in [0.25, 0.3) is 5.91 Å². The average molecular weight is 312 g/mol. The summed E-state index contributed by atoms with van der Waals surface area (Å²) in [7, 11) is 0. The molecule has 4 N–H and O–H groups in total. The highest BCUT2D eigenvalue weighted by Crippen LogP contribution is 2.18. The molecular formula is C19H24N2O2. The zero-order chi connectivity index (χ0) is 16.7. The van der Waals surface area contributed by atoms with Crippen molar-refractivity contribution in [2.24, 2.45) is 5.73 Å². The van der Waals surface area contributed by atoms with Gasteiger partial charge >= 0.3 is 0 Å². The molecule has 4 nitrogen and oxygen atoms in total. The third kappa shape index (κ3) is 5.42. The standard InChI is InChI=1S/C19H24N2O2/c1-14(7-8-15-5-3-2-4-6-15)21-12-11-16-9-10-18(22)17(13-16)19(20)23/h2-6,9-10,13-14,21-22H,7-8,11-12H2,1H3,(H2,20,23)/t14-/m0/s1. The molecule has 0 unspecified atom stereocenters. The highest BCUT2D eigenvalue weighted by Gasteiger charge is 2.08. The summed E-state index contributed by atoms with van der Waals surface area (Å²) in [5.74, 6) is -0.668. The predicted octanol–water partition coefficient (Wildman–Crippen LogP) is 2.64. The predicted molar refractivity (Wildman–Crippen MR) is 92.6 cm³/mol. The maximum atomic E-state index is 11.2. The van der Waals surface area contributed by atoms with Crippen LogP contribution in [0.25, 0.3) is 0 Å². The number of hydrogen-bond donors (Lipinski definition) is 3. The minimum absolute atomic E-state index is 0.0644. The lowest BCUT2D eigenvalue weighted by Gasteiger charge is -2.14. The van der Waals surface area contributed by atoms with Crippen LogP contribution in [-0.4, -0.2) is 23.6 Å². The highest BCUT2D eigenvalue weighted by molar-refractivity contribution is 5.95. The molecule has 0 spiro atoms. The van der Waals surface area contributed by atoms with Crippen molar-refractivity contribution in [3.05, 3.63) is 65.2 Å². The number of nitrogens with two attached hydrogens (primary N) is 1. The van der Waals surface area contributed by atoms with E-state index in [1.807, 2.05) is 12.1 Å². The van der Waals surface area contributed by atoms with E-state index in [4.69, 9.17) is 5.73 Å². The summed E-state index contributed by atoms with van der Waals surface area (Å²) in [5, 5.41) is 13.1. The first-order chi connectivity index (χ1) is 11.1. The minimum atomic E-state index is -0.603. The van der Waals surface area contributed by atoms with Gasteiger partial charge in [-0.05, 0) is 56.0 Å². The number of aromatic hydroxyl groups is 1. The van der Waals surface area contributed by atoms with Crippen LogP contribution in [0.5, 0.6) is 5.75 Å². The molecule has 1 amide bonds. The van der Waals surface area contributed by atoms with E-state index in [1.54, 1.807) is 6.07 Å². The van der Waals surface area contributed by atoms with Gasteiger partial charge in [0.15, 0.2) is 0 Å². The first kappa shape index (κ1) is 17.0. The fraction of sp³-hybridized carbons (Fsp3) is 0.316. The van der Waals surface area contributed by atoms with Crippen molar-refractivity contribution in [2.75, 3.05) is 6.54 Å². The Labute approximate surface area is 137 Å². The second-order valence-electron chi connectivity index (χ2n) is 5.85. The molecule has 122 valence electrons. The Kier molecular flexibility index (Phi) is 6.18. The van der Waals surface area contributed by atoms with E-state index < -0.39 is 5.91 Å². The highest BCUT2D eigenvalue weighted by atomic mass is 16.3. The number of hydrogen-bond acceptors (Lipinski definition) is 3. The van der Waals surface area contributed by atoms with Gasteiger partial charge in [-0.25, -0.2) is 0 Å². The Morgan fingerprint density at radius 3 is 2.57 bits per heavy atom. The molecule has 0 saturated heterocycles. The van der Waals surface area contributed by atoms with Gasteiger partial charge < -0.3 is 16.2 Å². The number of rotatable bonds is 8. The van der Waals surface area contributed by atoms with Crippen molar-refractivity contribution in [3.63, 3.8) is 0 Å². The molecule has 4 heteroatoms. The Bertz CT molecular complexity index is 641. The third-order valence-electron chi connectivity index (χ3n) is 3.94. The zero-order valence-corrected chi connectivity index (χ0v) is 13.5. The van der Waals surface area contributed by atoms with Crippen LogP contribution in [0.3, 0.4) is 0 Å². The number of phenols is 1. The monoisotopic (exact) mass is 312 g/mol. The van der Waals surface area contributed by atoms with Crippen molar-refractivity contribution in [3.8, 4) is 5.75 Å². The second-order valence-corrected chi connectivity index (χ2v) is 5.85. The molecule has 0 aliphatic heterocycles. The first-order valence-corrected chi connectivity index (χ1v) is 7.95. The average Bonchev–Trinajstić information content (AvgIpc) is 2.55. The molecule has 0 aliphatic rings. The van der Waals surface area contributed by atoms with E-state index in [0.717, 1.165) is 31.4 Å². The van der Waals surface area contributed by atoms with Gasteiger partial charge in [-0.1, -0.05) is 36.4 Å². The van der Waals surface area contributed by atoms with Crippen molar-refractivity contribution in [1.82, 2.24) is 5.32 Å². The van der Waals surface area contributed by atoms with E-state index in [2.05, 4.69) is 36.5 Å². The lowest BCUT2D eigenvalue weighted by Crippen LogP contribution is -2.28. The van der Waals surface area contributed by atoms with Gasteiger partial charge in [-0.3, -0.25) is 4.79 Å². The van der Waals surface area contributed by atoms with E-state index in [0.29, 0.717) is 6.04 Å². The summed E-state index contributed by atoms with van der Waals surface area (Å²) in [5.41, 5.74) is 7.76. The Hall–Kier alpha value is -2.33. The van der Waals surface area contributed by atoms with Gasteiger partial charge in [0.2, 0.25) is 0 Å². The van der Waals surface area contributed by atoms with E-state index in [1.165, 1.54) is 11.6 Å². The van der Waals surface area contributed by atoms with Crippen LogP contribution in [0.2, 0.25) is 0 Å². The number of nitrogens with one attached hydrogen (secondary N) is 1. The van der Waals surface area contributed by atoms with Crippen LogP contribution in [0.1, 0.15) is 34.8 Å². The van der Waals surface area contributed by atoms with Crippen molar-refractivity contribution < 1.29 is 9.90 Å². The molecular weight excluding hydrogens is 288 g/mol. The third-order valence-corrected chi connectivity index (χ3v) is 3.94. The van der Waals surface area contributed by atoms with Crippen LogP contribution in [-0.2, 0) is 12.8 Å². The number of amides is 1. The summed E-state index contributed by atoms with van der Waals surface area (Å²) in [6.45, 7) is 2.99. The number of primary amides is 1. The Balaban J connectivity index is 1.76. The lowest BCUT2D eigenvalue weighted by molar-refractivity contribution is 0.0997. The maximum absolute atomic E-state index is 11.2. The molecule has 0 heterocycles. The molecule has 2 aromatic carbocycles. The second kappa shape index (κ2) is 8.34. The molecule has 0 fully saturated rings. The Morgan fingerprint density at radius 2 is 1.87 bits per heavy atom. The van der Waals surface area contributed by atoms with Gasteiger partial charge in [0.05, 0.1) is 5.56 Å². The van der Waals surface area contributed by atoms with Crippen LogP contribution >= 0.6 is 0 Å². The van der Waals surface area contributed by atoms with Crippen molar-refractivity contribution in [2.45, 2.75) is 32.2 Å². The molecule has 0 bridgehead atoms. The zero-order valence-electron chi connectivity index (χ0n) is 13.5. The van der Waals surface area contributed by atoms with Crippen molar-refractivity contribution >= 4 is 5.91 Å². The quantitative estimate of drug-likeness (QED) is 0.701. The fourth-order valence-electron chi connectivity index (χ4n) is 2.53. The summed E-state index contributed by atoms with van der Waals surface area (Å²) in [4.78, 5) is 11.2. The maximum Gasteiger partial charge on any atom is 0.252 e. The van der Waals surface area contributed by atoms with E-state index in [9.17, 15) is 9.90 Å². The van der Waals surface area contributed by atoms with Gasteiger partial charge in [0.1, 0.15) is 5.75 Å². The normalized spacial score (nSPS) is 12.0. The van der Waals surface area contributed by atoms with Gasteiger partial charge in [-0.2, -0.15) is 0 Å². The number of carbonyl (C=O) groups is 1. The molecule has 2 aromatic rings. The lowest BCUT2D eigenvalue weighted by atomic mass is 10.0. The van der Waals surface area contributed by atoms with Crippen LogP contribution in [0, 0.1) is 0 Å². The molecule has 1 atom stereocenters. The van der Waals surface area contributed by atoms with Crippen molar-refractivity contribution in [1.29, 1.82) is 0 Å².